The number of hydrogen-bond acceptors (Lipinski definition) is 6. The molecule has 0 saturated heterocycles. The predicted molar refractivity (Wildman–Crippen MR) is 92.9 cm³/mol. The summed E-state index contributed by atoms with van der Waals surface area (Å²) in [6, 6.07) is 8.58. The molecule has 2 aromatic rings. The number of carbonyl (C=O) groups excluding carboxylic acids is 3. The van der Waals surface area contributed by atoms with Gasteiger partial charge in [0.2, 0.25) is 0 Å². The van der Waals surface area contributed by atoms with Crippen molar-refractivity contribution in [3.8, 4) is 0 Å². The van der Waals surface area contributed by atoms with Crippen molar-refractivity contribution < 1.29 is 19.1 Å². The molecule has 0 unspecified atom stereocenters. The summed E-state index contributed by atoms with van der Waals surface area (Å²) >= 11 is 1.19. The lowest BCUT2D eigenvalue weighted by Crippen LogP contribution is -2.30. The molecule has 8 heteroatoms. The van der Waals surface area contributed by atoms with Crippen LogP contribution in [0.3, 0.4) is 0 Å². The second-order valence-electron chi connectivity index (χ2n) is 5.00. The number of anilines is 2. The highest BCUT2D eigenvalue weighted by molar-refractivity contribution is 7.14. The number of imide groups is 1. The quantitative estimate of drug-likeness (QED) is 0.887. The van der Waals surface area contributed by atoms with E-state index in [9.17, 15) is 14.4 Å². The maximum Gasteiger partial charge on any atom is 0.413 e. The first-order valence-corrected chi connectivity index (χ1v) is 7.86. The second kappa shape index (κ2) is 7.60. The molecule has 0 aliphatic rings. The van der Waals surface area contributed by atoms with Gasteiger partial charge in [0, 0.05) is 25.3 Å². The molecule has 0 saturated carbocycles. The summed E-state index contributed by atoms with van der Waals surface area (Å²) in [5.41, 5.74) is 1.64. The molecule has 0 bridgehead atoms. The molecule has 2 N–H and O–H groups in total. The highest BCUT2D eigenvalue weighted by atomic mass is 32.1. The number of rotatable bonds is 4. The number of nitrogens with zero attached hydrogens (tertiary/aromatic N) is 1. The van der Waals surface area contributed by atoms with Crippen molar-refractivity contribution in [2.75, 3.05) is 31.4 Å². The van der Waals surface area contributed by atoms with Gasteiger partial charge in [-0.25, -0.2) is 4.79 Å². The zero-order valence-electron chi connectivity index (χ0n) is 13.5. The molecule has 1 heterocycles. The number of amides is 3. The Hall–Kier alpha value is -2.87. The second-order valence-corrected chi connectivity index (χ2v) is 5.92. The van der Waals surface area contributed by atoms with Crippen molar-refractivity contribution in [1.82, 2.24) is 5.32 Å². The third kappa shape index (κ3) is 4.11. The molecule has 3 amide bonds. The molecular formula is C16H17N3O4S. The molecule has 1 aromatic heterocycles. The van der Waals surface area contributed by atoms with E-state index in [2.05, 4.69) is 15.4 Å². The average Bonchev–Trinajstić information content (AvgIpc) is 3.02. The lowest BCUT2D eigenvalue weighted by Gasteiger charge is -2.12. The van der Waals surface area contributed by atoms with Gasteiger partial charge < -0.3 is 15.0 Å². The number of ether oxygens (including phenoxy) is 1. The van der Waals surface area contributed by atoms with Crippen LogP contribution in [0.5, 0.6) is 0 Å². The van der Waals surface area contributed by atoms with Crippen LogP contribution in [0.1, 0.15) is 20.7 Å². The molecule has 2 rings (SSSR count). The van der Waals surface area contributed by atoms with Crippen molar-refractivity contribution in [2.45, 2.75) is 0 Å². The molecule has 0 fully saturated rings. The van der Waals surface area contributed by atoms with Gasteiger partial charge in [-0.3, -0.25) is 14.9 Å². The van der Waals surface area contributed by atoms with Crippen LogP contribution in [0.25, 0.3) is 0 Å². The van der Waals surface area contributed by atoms with E-state index in [1.54, 1.807) is 17.5 Å². The summed E-state index contributed by atoms with van der Waals surface area (Å²) in [6.45, 7) is 0. The first-order valence-electron chi connectivity index (χ1n) is 6.98. The Bertz CT molecular complexity index is 753. The Morgan fingerprint density at radius 3 is 2.29 bits per heavy atom. The Morgan fingerprint density at radius 2 is 1.71 bits per heavy atom. The lowest BCUT2D eigenvalue weighted by molar-refractivity contribution is 0.0938. The minimum absolute atomic E-state index is 0.198. The Kier molecular flexibility index (Phi) is 5.54. The molecule has 1 aromatic carbocycles. The van der Waals surface area contributed by atoms with Crippen LogP contribution in [0, 0.1) is 0 Å². The fourth-order valence-corrected chi connectivity index (χ4v) is 2.66. The van der Waals surface area contributed by atoms with E-state index in [0.717, 1.165) is 12.8 Å². The van der Waals surface area contributed by atoms with Crippen LogP contribution in [0.15, 0.2) is 35.7 Å². The molecule has 7 nitrogen and oxygen atoms in total. The van der Waals surface area contributed by atoms with E-state index in [1.165, 1.54) is 17.4 Å². The summed E-state index contributed by atoms with van der Waals surface area (Å²) in [4.78, 5) is 37.3. The maximum atomic E-state index is 12.3. The van der Waals surface area contributed by atoms with Crippen LogP contribution in [-0.4, -0.2) is 39.1 Å². The van der Waals surface area contributed by atoms with Gasteiger partial charge in [0.05, 0.1) is 12.7 Å². The zero-order valence-corrected chi connectivity index (χ0v) is 14.3. The smallest absolute Gasteiger partial charge is 0.413 e. The van der Waals surface area contributed by atoms with Crippen LogP contribution in [-0.2, 0) is 4.74 Å². The van der Waals surface area contributed by atoms with Crippen LogP contribution < -0.4 is 15.5 Å². The van der Waals surface area contributed by atoms with Gasteiger partial charge in [-0.1, -0.05) is 0 Å². The number of carbonyl (C=O) groups is 3. The molecule has 24 heavy (non-hydrogen) atoms. The largest absolute Gasteiger partial charge is 0.453 e. The van der Waals surface area contributed by atoms with Crippen LogP contribution in [0.4, 0.5) is 15.5 Å². The number of nitrogens with one attached hydrogen (secondary N) is 2. The first-order chi connectivity index (χ1) is 11.4. The number of thiophene rings is 1. The highest BCUT2D eigenvalue weighted by Crippen LogP contribution is 2.24. The van der Waals surface area contributed by atoms with E-state index < -0.39 is 12.0 Å². The van der Waals surface area contributed by atoms with E-state index in [0.29, 0.717) is 10.6 Å². The molecular weight excluding hydrogens is 330 g/mol. The number of methoxy groups -OCH3 is 1. The monoisotopic (exact) mass is 347 g/mol. The maximum absolute atomic E-state index is 12.3. The first kappa shape index (κ1) is 17.5. The number of benzene rings is 1. The number of alkyl carbamates (subject to hydrolysis) is 1. The minimum atomic E-state index is -0.859. The summed E-state index contributed by atoms with van der Waals surface area (Å²) in [7, 11) is 4.98. The van der Waals surface area contributed by atoms with E-state index in [1.807, 2.05) is 31.1 Å². The topological polar surface area (TPSA) is 87.7 Å². The summed E-state index contributed by atoms with van der Waals surface area (Å²) in [5, 5.41) is 6.74. The van der Waals surface area contributed by atoms with E-state index in [-0.39, 0.29) is 11.5 Å². The van der Waals surface area contributed by atoms with Gasteiger partial charge in [0.25, 0.3) is 11.8 Å². The van der Waals surface area contributed by atoms with Gasteiger partial charge in [0.1, 0.15) is 5.00 Å². The number of hydrogen-bond donors (Lipinski definition) is 2. The summed E-state index contributed by atoms with van der Waals surface area (Å²) in [5.74, 6) is -0.976. The Morgan fingerprint density at radius 1 is 1.04 bits per heavy atom. The lowest BCUT2D eigenvalue weighted by atomic mass is 10.2. The molecule has 0 spiro atoms. The normalized spacial score (nSPS) is 9.96. The average molecular weight is 347 g/mol. The minimum Gasteiger partial charge on any atom is -0.453 e. The fraction of sp³-hybridized carbons (Fsp3) is 0.188. The summed E-state index contributed by atoms with van der Waals surface area (Å²) in [6.07, 6.45) is -0.859. The van der Waals surface area contributed by atoms with Gasteiger partial charge >= 0.3 is 6.09 Å². The molecule has 0 aliphatic heterocycles. The van der Waals surface area contributed by atoms with Crippen LogP contribution >= 0.6 is 11.3 Å². The molecule has 0 aliphatic carbocycles. The molecule has 0 atom stereocenters. The van der Waals surface area contributed by atoms with Gasteiger partial charge in [-0.05, 0) is 35.7 Å². The Balaban J connectivity index is 2.11. The third-order valence-electron chi connectivity index (χ3n) is 3.18. The van der Waals surface area contributed by atoms with Gasteiger partial charge in [-0.15, -0.1) is 11.3 Å². The zero-order chi connectivity index (χ0) is 17.7. The third-order valence-corrected chi connectivity index (χ3v) is 4.01. The van der Waals surface area contributed by atoms with Crippen molar-refractivity contribution >= 4 is 39.9 Å². The summed E-state index contributed by atoms with van der Waals surface area (Å²) < 4.78 is 4.38. The standard InChI is InChI=1S/C16H17N3O4S/c1-19(2)11-6-4-10(5-7-11)13(20)17-15-12(8-9-24-15)14(21)18-16(22)23-3/h4-9H,1-3H3,(H,17,20)(H,18,21,22). The highest BCUT2D eigenvalue weighted by Gasteiger charge is 2.18. The molecule has 126 valence electrons. The fourth-order valence-electron chi connectivity index (χ4n) is 1.88. The van der Waals surface area contributed by atoms with Crippen molar-refractivity contribution in [2.24, 2.45) is 0 Å². The predicted octanol–water partition coefficient (Wildman–Crippen LogP) is 2.56. The molecule has 0 radical (unpaired) electrons. The Labute approximate surface area is 143 Å². The van der Waals surface area contributed by atoms with E-state index >= 15 is 0 Å². The van der Waals surface area contributed by atoms with Gasteiger partial charge in [0.15, 0.2) is 0 Å². The van der Waals surface area contributed by atoms with Crippen molar-refractivity contribution in [3.63, 3.8) is 0 Å². The SMILES string of the molecule is COC(=O)NC(=O)c1ccsc1NC(=O)c1ccc(N(C)C)cc1. The van der Waals surface area contributed by atoms with Crippen molar-refractivity contribution in [3.05, 3.63) is 46.8 Å². The van der Waals surface area contributed by atoms with Crippen LogP contribution in [0.2, 0.25) is 0 Å². The van der Waals surface area contributed by atoms with E-state index in [4.69, 9.17) is 0 Å². The van der Waals surface area contributed by atoms with Gasteiger partial charge in [-0.2, -0.15) is 0 Å². The van der Waals surface area contributed by atoms with Crippen molar-refractivity contribution in [1.29, 1.82) is 0 Å².